The number of amides is 2. The van der Waals surface area contributed by atoms with Crippen molar-refractivity contribution in [2.75, 3.05) is 19.7 Å². The van der Waals surface area contributed by atoms with E-state index < -0.39 is 0 Å². The number of halogens is 2. The average molecular weight is 407 g/mol. The van der Waals surface area contributed by atoms with E-state index in [2.05, 4.69) is 5.32 Å². The number of benzene rings is 2. The zero-order valence-electron chi connectivity index (χ0n) is 14.7. The normalized spacial score (nSPS) is 14.7. The molecule has 0 saturated carbocycles. The molecule has 0 spiro atoms. The topological polar surface area (TPSA) is 58.6 Å². The highest BCUT2D eigenvalue weighted by Crippen LogP contribution is 2.23. The Kier molecular flexibility index (Phi) is 6.58. The van der Waals surface area contributed by atoms with Crippen molar-refractivity contribution in [1.29, 1.82) is 0 Å². The quantitative estimate of drug-likeness (QED) is 0.821. The lowest BCUT2D eigenvalue weighted by Crippen LogP contribution is -2.47. The molecule has 5 nitrogen and oxygen atoms in total. The second-order valence-corrected chi connectivity index (χ2v) is 7.20. The fourth-order valence-corrected chi connectivity index (χ4v) is 3.36. The van der Waals surface area contributed by atoms with Crippen molar-refractivity contribution in [3.63, 3.8) is 0 Å². The maximum absolute atomic E-state index is 12.6. The highest BCUT2D eigenvalue weighted by atomic mass is 35.5. The molecular formula is C20H20Cl2N2O3. The molecule has 0 bridgehead atoms. The van der Waals surface area contributed by atoms with Crippen LogP contribution in [0.3, 0.4) is 0 Å². The van der Waals surface area contributed by atoms with Crippen molar-refractivity contribution >= 4 is 35.0 Å². The second kappa shape index (κ2) is 9.11. The van der Waals surface area contributed by atoms with Crippen LogP contribution in [0.5, 0.6) is 5.75 Å². The summed E-state index contributed by atoms with van der Waals surface area (Å²) in [6, 6.07) is 14.1. The fourth-order valence-electron chi connectivity index (χ4n) is 2.99. The summed E-state index contributed by atoms with van der Waals surface area (Å²) in [6.07, 6.45) is 1.36. The molecule has 1 heterocycles. The number of rotatable bonds is 5. The van der Waals surface area contributed by atoms with Gasteiger partial charge in [-0.1, -0.05) is 41.4 Å². The Morgan fingerprint density at radius 2 is 1.78 bits per heavy atom. The van der Waals surface area contributed by atoms with Gasteiger partial charge < -0.3 is 15.0 Å². The van der Waals surface area contributed by atoms with Crippen molar-refractivity contribution in [3.8, 4) is 5.75 Å². The third-order valence-corrected chi connectivity index (χ3v) is 4.98. The van der Waals surface area contributed by atoms with Gasteiger partial charge in [0.1, 0.15) is 5.75 Å². The van der Waals surface area contributed by atoms with Crippen LogP contribution in [0, 0.1) is 0 Å². The molecule has 1 N–H and O–H groups in total. The Morgan fingerprint density at radius 1 is 1.07 bits per heavy atom. The average Bonchev–Trinajstić information content (AvgIpc) is 2.69. The molecule has 2 amide bonds. The van der Waals surface area contributed by atoms with Crippen molar-refractivity contribution in [2.45, 2.75) is 18.9 Å². The summed E-state index contributed by atoms with van der Waals surface area (Å²) in [5, 5.41) is 3.82. The molecule has 2 aromatic carbocycles. The largest absolute Gasteiger partial charge is 0.484 e. The van der Waals surface area contributed by atoms with E-state index in [1.807, 2.05) is 18.2 Å². The lowest BCUT2D eigenvalue weighted by Gasteiger charge is -2.32. The van der Waals surface area contributed by atoms with Crippen LogP contribution >= 0.6 is 23.2 Å². The van der Waals surface area contributed by atoms with Gasteiger partial charge in [-0.2, -0.15) is 0 Å². The van der Waals surface area contributed by atoms with E-state index in [0.717, 1.165) is 0 Å². The predicted molar refractivity (Wildman–Crippen MR) is 105 cm³/mol. The van der Waals surface area contributed by atoms with Gasteiger partial charge in [0.05, 0.1) is 10.6 Å². The van der Waals surface area contributed by atoms with E-state index in [1.54, 1.807) is 35.2 Å². The van der Waals surface area contributed by atoms with Crippen LogP contribution in [0.15, 0.2) is 48.5 Å². The van der Waals surface area contributed by atoms with Gasteiger partial charge in [0.2, 0.25) is 0 Å². The van der Waals surface area contributed by atoms with Crippen LogP contribution in [-0.4, -0.2) is 42.5 Å². The minimum Gasteiger partial charge on any atom is -0.484 e. The van der Waals surface area contributed by atoms with E-state index >= 15 is 0 Å². The van der Waals surface area contributed by atoms with Gasteiger partial charge in [-0.3, -0.25) is 9.59 Å². The van der Waals surface area contributed by atoms with Gasteiger partial charge in [-0.05, 0) is 43.2 Å². The molecule has 7 heteroatoms. The zero-order chi connectivity index (χ0) is 19.2. The first-order valence-corrected chi connectivity index (χ1v) is 9.50. The second-order valence-electron chi connectivity index (χ2n) is 6.36. The van der Waals surface area contributed by atoms with Gasteiger partial charge in [-0.25, -0.2) is 0 Å². The Hall–Kier alpha value is -2.24. The van der Waals surface area contributed by atoms with Crippen LogP contribution < -0.4 is 10.1 Å². The highest BCUT2D eigenvalue weighted by molar-refractivity contribution is 6.35. The van der Waals surface area contributed by atoms with Crippen molar-refractivity contribution in [1.82, 2.24) is 10.2 Å². The molecule has 1 aliphatic rings. The Labute approximate surface area is 168 Å². The first kappa shape index (κ1) is 19.5. The molecule has 1 fully saturated rings. The summed E-state index contributed by atoms with van der Waals surface area (Å²) >= 11 is 12.1. The number of hydrogen-bond acceptors (Lipinski definition) is 3. The standard InChI is InChI=1S/C20H20Cl2N2O3/c21-14-6-7-18(22)17(12-14)20(26)24-10-8-15(9-11-24)23-19(25)13-27-16-4-2-1-3-5-16/h1-7,12,15H,8-11,13H2,(H,23,25). The number of hydrogen-bond donors (Lipinski definition) is 1. The minimum atomic E-state index is -0.165. The molecule has 142 valence electrons. The SMILES string of the molecule is O=C(COc1ccccc1)NC1CCN(C(=O)c2cc(Cl)ccc2Cl)CC1. The Morgan fingerprint density at radius 3 is 2.48 bits per heavy atom. The molecule has 0 aliphatic carbocycles. The molecule has 0 unspecified atom stereocenters. The smallest absolute Gasteiger partial charge is 0.258 e. The Balaban J connectivity index is 1.46. The van der Waals surface area contributed by atoms with Gasteiger partial charge in [0.25, 0.3) is 11.8 Å². The molecule has 0 atom stereocenters. The Bertz CT molecular complexity index is 806. The minimum absolute atomic E-state index is 0.0238. The van der Waals surface area contributed by atoms with Crippen molar-refractivity contribution in [3.05, 3.63) is 64.1 Å². The summed E-state index contributed by atoms with van der Waals surface area (Å²) in [5.74, 6) is 0.354. The monoisotopic (exact) mass is 406 g/mol. The number of para-hydroxylation sites is 1. The predicted octanol–water partition coefficient (Wildman–Crippen LogP) is 3.79. The molecule has 27 heavy (non-hydrogen) atoms. The number of nitrogens with one attached hydrogen (secondary N) is 1. The molecule has 3 rings (SSSR count). The third kappa shape index (κ3) is 5.37. The number of ether oxygens (including phenoxy) is 1. The molecule has 1 saturated heterocycles. The van der Waals surface area contributed by atoms with Crippen molar-refractivity contribution in [2.24, 2.45) is 0 Å². The number of carbonyl (C=O) groups excluding carboxylic acids is 2. The van der Waals surface area contributed by atoms with Crippen LogP contribution in [0.4, 0.5) is 0 Å². The molecule has 1 aliphatic heterocycles. The summed E-state index contributed by atoms with van der Waals surface area (Å²) in [7, 11) is 0. The molecule has 0 aromatic heterocycles. The fraction of sp³-hybridized carbons (Fsp3) is 0.300. The van der Waals surface area contributed by atoms with Crippen LogP contribution in [0.1, 0.15) is 23.2 Å². The number of carbonyl (C=O) groups is 2. The van der Waals surface area contributed by atoms with Gasteiger partial charge >= 0.3 is 0 Å². The lowest BCUT2D eigenvalue weighted by atomic mass is 10.0. The summed E-state index contributed by atoms with van der Waals surface area (Å²) in [5.41, 5.74) is 0.405. The first-order chi connectivity index (χ1) is 13.0. The summed E-state index contributed by atoms with van der Waals surface area (Å²) in [6.45, 7) is 1.07. The number of piperidine rings is 1. The van der Waals surface area contributed by atoms with E-state index in [4.69, 9.17) is 27.9 Å². The van der Waals surface area contributed by atoms with E-state index in [0.29, 0.717) is 47.3 Å². The molecular weight excluding hydrogens is 387 g/mol. The van der Waals surface area contributed by atoms with E-state index in [1.165, 1.54) is 0 Å². The maximum Gasteiger partial charge on any atom is 0.258 e. The van der Waals surface area contributed by atoms with Crippen LogP contribution in [-0.2, 0) is 4.79 Å². The molecule has 2 aromatic rings. The molecule has 0 radical (unpaired) electrons. The first-order valence-electron chi connectivity index (χ1n) is 8.74. The van der Waals surface area contributed by atoms with Crippen molar-refractivity contribution < 1.29 is 14.3 Å². The zero-order valence-corrected chi connectivity index (χ0v) is 16.2. The highest BCUT2D eigenvalue weighted by Gasteiger charge is 2.26. The lowest BCUT2D eigenvalue weighted by molar-refractivity contribution is -0.124. The third-order valence-electron chi connectivity index (χ3n) is 4.42. The number of nitrogens with zero attached hydrogens (tertiary/aromatic N) is 1. The van der Waals surface area contributed by atoms with Gasteiger partial charge in [0, 0.05) is 24.2 Å². The van der Waals surface area contributed by atoms with Gasteiger partial charge in [0.15, 0.2) is 6.61 Å². The van der Waals surface area contributed by atoms with Gasteiger partial charge in [-0.15, -0.1) is 0 Å². The summed E-state index contributed by atoms with van der Waals surface area (Å²) < 4.78 is 5.45. The van der Waals surface area contributed by atoms with E-state index in [-0.39, 0.29) is 24.5 Å². The summed E-state index contributed by atoms with van der Waals surface area (Å²) in [4.78, 5) is 26.4. The van der Waals surface area contributed by atoms with E-state index in [9.17, 15) is 9.59 Å². The van der Waals surface area contributed by atoms with Crippen LogP contribution in [0.25, 0.3) is 0 Å². The van der Waals surface area contributed by atoms with Crippen LogP contribution in [0.2, 0.25) is 10.0 Å². The number of likely N-dealkylation sites (tertiary alicyclic amines) is 1. The maximum atomic E-state index is 12.6.